The lowest BCUT2D eigenvalue weighted by Gasteiger charge is -2.29. The van der Waals surface area contributed by atoms with Crippen LogP contribution in [0.2, 0.25) is 0 Å². The smallest absolute Gasteiger partial charge is 0.273 e. The number of benzene rings is 1. The van der Waals surface area contributed by atoms with Gasteiger partial charge in [0, 0.05) is 41.3 Å². The molecule has 1 atom stereocenters. The zero-order valence-electron chi connectivity index (χ0n) is 17.8. The molecule has 0 spiro atoms. The molecule has 1 aliphatic heterocycles. The molecule has 0 bridgehead atoms. The van der Waals surface area contributed by atoms with Crippen molar-refractivity contribution in [3.63, 3.8) is 0 Å². The first-order valence-electron chi connectivity index (χ1n) is 10.1. The molecule has 9 heteroatoms. The molecule has 7 nitrogen and oxygen atoms in total. The van der Waals surface area contributed by atoms with Crippen LogP contribution in [0.4, 0.5) is 4.39 Å². The van der Waals surface area contributed by atoms with E-state index >= 15 is 0 Å². The van der Waals surface area contributed by atoms with E-state index < -0.39 is 34.0 Å². The second-order valence-electron chi connectivity index (χ2n) is 8.84. The maximum Gasteiger partial charge on any atom is 0.273 e. The van der Waals surface area contributed by atoms with Gasteiger partial charge in [-0.3, -0.25) is 18.5 Å². The van der Waals surface area contributed by atoms with Crippen LogP contribution in [0.1, 0.15) is 44.1 Å². The largest absolute Gasteiger partial charge is 0.357 e. The summed E-state index contributed by atoms with van der Waals surface area (Å²) in [5.74, 6) is 0.239. The minimum Gasteiger partial charge on any atom is -0.357 e. The van der Waals surface area contributed by atoms with Crippen LogP contribution in [-0.2, 0) is 22.1 Å². The van der Waals surface area contributed by atoms with Gasteiger partial charge in [0.2, 0.25) is 5.91 Å². The van der Waals surface area contributed by atoms with Crippen molar-refractivity contribution >= 4 is 33.5 Å². The van der Waals surface area contributed by atoms with Gasteiger partial charge in [0.25, 0.3) is 5.91 Å². The number of carbonyl (C=O) groups excluding carboxylic acids is 2. The first-order valence-corrected chi connectivity index (χ1v) is 11.6. The van der Waals surface area contributed by atoms with Gasteiger partial charge in [0.1, 0.15) is 17.4 Å². The molecule has 0 saturated carbocycles. The van der Waals surface area contributed by atoms with Gasteiger partial charge in [-0.2, -0.15) is 5.10 Å². The maximum atomic E-state index is 14.7. The van der Waals surface area contributed by atoms with Gasteiger partial charge in [-0.15, -0.1) is 0 Å². The Morgan fingerprint density at radius 2 is 1.97 bits per heavy atom. The van der Waals surface area contributed by atoms with Crippen LogP contribution >= 0.6 is 0 Å². The molecular formula is C21H29FN4O3S. The lowest BCUT2D eigenvalue weighted by molar-refractivity contribution is -0.124. The zero-order valence-corrected chi connectivity index (χ0v) is 18.6. The molecule has 3 rings (SSSR count). The Balaban J connectivity index is 1.94. The maximum absolute atomic E-state index is 14.7. The van der Waals surface area contributed by atoms with E-state index in [-0.39, 0.29) is 23.0 Å². The fourth-order valence-corrected chi connectivity index (χ4v) is 5.18. The SMILES string of the molecule is CNC(=O)C(NC(=O)c1nn(CC2CCS(=O)CC2)c2c(F)cccc12)C(C)(C)C. The molecule has 1 saturated heterocycles. The van der Waals surface area contributed by atoms with E-state index in [1.807, 2.05) is 20.8 Å². The van der Waals surface area contributed by atoms with Gasteiger partial charge in [0.15, 0.2) is 5.69 Å². The van der Waals surface area contributed by atoms with E-state index in [0.29, 0.717) is 23.4 Å². The van der Waals surface area contributed by atoms with Crippen LogP contribution < -0.4 is 10.6 Å². The summed E-state index contributed by atoms with van der Waals surface area (Å²) in [6.45, 7) is 6.03. The normalized spacial score (nSPS) is 20.7. The molecular weight excluding hydrogens is 407 g/mol. The molecule has 2 N–H and O–H groups in total. The van der Waals surface area contributed by atoms with Gasteiger partial charge < -0.3 is 10.6 Å². The summed E-state index contributed by atoms with van der Waals surface area (Å²) in [5, 5.41) is 10.2. The first kappa shape index (κ1) is 22.4. The van der Waals surface area contributed by atoms with Crippen LogP contribution in [0.15, 0.2) is 18.2 Å². The Kier molecular flexibility index (Phi) is 6.59. The minimum absolute atomic E-state index is 0.0991. The molecule has 2 heterocycles. The highest BCUT2D eigenvalue weighted by atomic mass is 32.2. The average Bonchev–Trinajstić information content (AvgIpc) is 3.06. The summed E-state index contributed by atoms with van der Waals surface area (Å²) < 4.78 is 27.8. The number of amides is 2. The van der Waals surface area contributed by atoms with Crippen molar-refractivity contribution in [1.82, 2.24) is 20.4 Å². The summed E-state index contributed by atoms with van der Waals surface area (Å²) in [6, 6.07) is 3.79. The number of nitrogens with one attached hydrogen (secondary N) is 2. The number of hydrogen-bond donors (Lipinski definition) is 2. The third-order valence-electron chi connectivity index (χ3n) is 5.52. The van der Waals surface area contributed by atoms with Gasteiger partial charge in [-0.1, -0.05) is 32.9 Å². The van der Waals surface area contributed by atoms with E-state index in [0.717, 1.165) is 12.8 Å². The summed E-state index contributed by atoms with van der Waals surface area (Å²) in [7, 11) is 0.739. The van der Waals surface area contributed by atoms with Crippen LogP contribution in [0.5, 0.6) is 0 Å². The average molecular weight is 437 g/mol. The quantitative estimate of drug-likeness (QED) is 0.752. The predicted molar refractivity (Wildman–Crippen MR) is 115 cm³/mol. The van der Waals surface area contributed by atoms with Crippen LogP contribution in [0.25, 0.3) is 10.9 Å². The van der Waals surface area contributed by atoms with Crippen molar-refractivity contribution in [2.24, 2.45) is 11.3 Å². The summed E-state index contributed by atoms with van der Waals surface area (Å²) >= 11 is 0. The highest BCUT2D eigenvalue weighted by Gasteiger charge is 2.34. The molecule has 0 radical (unpaired) electrons. The molecule has 1 aromatic heterocycles. The number of para-hydroxylation sites is 1. The van der Waals surface area contributed by atoms with E-state index in [9.17, 15) is 18.2 Å². The molecule has 164 valence electrons. The van der Waals surface area contributed by atoms with E-state index in [2.05, 4.69) is 15.7 Å². The number of halogens is 1. The monoisotopic (exact) mass is 436 g/mol. The Labute approximate surface area is 178 Å². The van der Waals surface area contributed by atoms with Crippen molar-refractivity contribution < 1.29 is 18.2 Å². The van der Waals surface area contributed by atoms with Crippen molar-refractivity contribution in [3.05, 3.63) is 29.7 Å². The lowest BCUT2D eigenvalue weighted by atomic mass is 9.86. The number of carbonyl (C=O) groups is 2. The predicted octanol–water partition coefficient (Wildman–Crippen LogP) is 2.22. The fourth-order valence-electron chi connectivity index (χ4n) is 3.78. The van der Waals surface area contributed by atoms with E-state index in [1.165, 1.54) is 13.1 Å². The number of aromatic nitrogens is 2. The van der Waals surface area contributed by atoms with E-state index in [1.54, 1.807) is 16.8 Å². The summed E-state index contributed by atoms with van der Waals surface area (Å²) in [4.78, 5) is 25.4. The van der Waals surface area contributed by atoms with Gasteiger partial charge in [0.05, 0.1) is 0 Å². The molecule has 1 aromatic carbocycles. The topological polar surface area (TPSA) is 93.1 Å². The second kappa shape index (κ2) is 8.83. The molecule has 1 aliphatic rings. The summed E-state index contributed by atoms with van der Waals surface area (Å²) in [5.41, 5.74) is -0.138. The Hall–Kier alpha value is -2.29. The van der Waals surface area contributed by atoms with Crippen molar-refractivity contribution in [1.29, 1.82) is 0 Å². The third kappa shape index (κ3) is 4.71. The van der Waals surface area contributed by atoms with Gasteiger partial charge in [-0.25, -0.2) is 4.39 Å². The summed E-state index contributed by atoms with van der Waals surface area (Å²) in [6.07, 6.45) is 1.57. The number of fused-ring (bicyclic) bond motifs is 1. The standard InChI is InChI=1S/C21H29FN4O3S/c1-21(2,3)18(20(28)23-4)24-19(27)16-14-6-5-7-15(22)17(14)26(25-16)12-13-8-10-30(29)11-9-13/h5-7,13,18H,8-12H2,1-4H3,(H,23,28)(H,24,27). The highest BCUT2D eigenvalue weighted by Crippen LogP contribution is 2.26. The Morgan fingerprint density at radius 1 is 1.30 bits per heavy atom. The lowest BCUT2D eigenvalue weighted by Crippen LogP contribution is -2.53. The molecule has 1 unspecified atom stereocenters. The van der Waals surface area contributed by atoms with Crippen LogP contribution in [0.3, 0.4) is 0 Å². The molecule has 2 aromatic rings. The number of hydrogen-bond acceptors (Lipinski definition) is 4. The van der Waals surface area contributed by atoms with Crippen molar-refractivity contribution in [2.75, 3.05) is 18.6 Å². The third-order valence-corrected chi connectivity index (χ3v) is 6.91. The molecule has 30 heavy (non-hydrogen) atoms. The zero-order chi connectivity index (χ0) is 22.1. The van der Waals surface area contributed by atoms with Gasteiger partial charge >= 0.3 is 0 Å². The highest BCUT2D eigenvalue weighted by molar-refractivity contribution is 7.85. The van der Waals surface area contributed by atoms with Crippen LogP contribution in [0, 0.1) is 17.2 Å². The van der Waals surface area contributed by atoms with Crippen molar-refractivity contribution in [3.8, 4) is 0 Å². The molecule has 1 fully saturated rings. The number of rotatable bonds is 5. The number of nitrogens with zero attached hydrogens (tertiary/aromatic N) is 2. The fraction of sp³-hybridized carbons (Fsp3) is 0.571. The molecule has 0 aliphatic carbocycles. The van der Waals surface area contributed by atoms with E-state index in [4.69, 9.17) is 0 Å². The van der Waals surface area contributed by atoms with Crippen LogP contribution in [-0.4, -0.2) is 50.4 Å². The second-order valence-corrected chi connectivity index (χ2v) is 10.5. The van der Waals surface area contributed by atoms with Gasteiger partial charge in [-0.05, 0) is 30.2 Å². The Bertz CT molecular complexity index is 973. The first-order chi connectivity index (χ1) is 14.1. The number of likely N-dealkylation sites (N-methyl/N-ethyl adjacent to an activating group) is 1. The minimum atomic E-state index is -0.779. The molecule has 2 amide bonds. The Morgan fingerprint density at radius 3 is 2.57 bits per heavy atom. The van der Waals surface area contributed by atoms with Crippen molar-refractivity contribution in [2.45, 2.75) is 46.2 Å².